The van der Waals surface area contributed by atoms with E-state index in [2.05, 4.69) is 11.1 Å². The second-order valence-electron chi connectivity index (χ2n) is 9.76. The minimum absolute atomic E-state index is 0.00715. The first-order valence-electron chi connectivity index (χ1n) is 12.0. The monoisotopic (exact) mass is 459 g/mol. The van der Waals surface area contributed by atoms with Crippen molar-refractivity contribution in [1.29, 1.82) is 0 Å². The van der Waals surface area contributed by atoms with E-state index in [0.29, 0.717) is 17.9 Å². The van der Waals surface area contributed by atoms with Gasteiger partial charge >= 0.3 is 0 Å². The number of amides is 2. The van der Waals surface area contributed by atoms with E-state index in [1.807, 2.05) is 50.2 Å². The van der Waals surface area contributed by atoms with Gasteiger partial charge in [-0.2, -0.15) is 0 Å². The zero-order valence-electron chi connectivity index (χ0n) is 19.7. The second-order valence-corrected chi connectivity index (χ2v) is 9.76. The lowest BCUT2D eigenvalue weighted by atomic mass is 9.86. The first-order chi connectivity index (χ1) is 16.5. The maximum Gasteiger partial charge on any atom is 0.246 e. The van der Waals surface area contributed by atoms with Gasteiger partial charge in [0.25, 0.3) is 0 Å². The molecule has 2 fully saturated rings. The van der Waals surface area contributed by atoms with Crippen LogP contribution >= 0.6 is 0 Å². The molecule has 34 heavy (non-hydrogen) atoms. The number of nitrogens with zero attached hydrogens (tertiary/aromatic N) is 2. The number of carbonyl (C=O) groups is 2. The van der Waals surface area contributed by atoms with Crippen LogP contribution in [0.15, 0.2) is 42.5 Å². The zero-order valence-corrected chi connectivity index (χ0v) is 19.7. The maximum atomic E-state index is 13.6. The Kier molecular flexibility index (Phi) is 4.83. The number of hydrogen-bond acceptors (Lipinski definition) is 4. The summed E-state index contributed by atoms with van der Waals surface area (Å²) in [6, 6.07) is 13.3. The lowest BCUT2D eigenvalue weighted by molar-refractivity contribution is -0.159. The predicted octanol–water partition coefficient (Wildman–Crippen LogP) is 3.81. The number of hydrogen-bond donors (Lipinski definition) is 1. The number of piperazine rings is 1. The highest BCUT2D eigenvalue weighted by atomic mass is 16.5. The van der Waals surface area contributed by atoms with E-state index in [1.54, 1.807) is 16.9 Å². The third kappa shape index (κ3) is 3.25. The third-order valence-electron chi connectivity index (χ3n) is 7.15. The highest BCUT2D eigenvalue weighted by Crippen LogP contribution is 2.45. The van der Waals surface area contributed by atoms with Crippen LogP contribution < -0.4 is 9.47 Å². The van der Waals surface area contributed by atoms with Gasteiger partial charge in [-0.15, -0.1) is 0 Å². The van der Waals surface area contributed by atoms with Gasteiger partial charge in [-0.3, -0.25) is 9.59 Å². The molecule has 1 aromatic heterocycles. The number of nitrogens with one attached hydrogen (secondary N) is 1. The molecule has 1 aliphatic carbocycles. The molecule has 1 saturated carbocycles. The van der Waals surface area contributed by atoms with Gasteiger partial charge in [0.15, 0.2) is 11.5 Å². The fourth-order valence-corrected chi connectivity index (χ4v) is 5.53. The van der Waals surface area contributed by atoms with Crippen molar-refractivity contribution >= 4 is 22.7 Å². The highest BCUT2D eigenvalue weighted by Gasteiger charge is 2.50. The number of H-pyrrole nitrogens is 1. The van der Waals surface area contributed by atoms with E-state index in [-0.39, 0.29) is 30.5 Å². The molecule has 2 aliphatic heterocycles. The average molecular weight is 460 g/mol. The summed E-state index contributed by atoms with van der Waals surface area (Å²) in [6.45, 7) is 4.09. The topological polar surface area (TPSA) is 74.9 Å². The van der Waals surface area contributed by atoms with Crippen molar-refractivity contribution in [3.05, 3.63) is 59.3 Å². The summed E-state index contributed by atoms with van der Waals surface area (Å²) in [6.07, 6.45) is 2.51. The van der Waals surface area contributed by atoms with Gasteiger partial charge in [0.05, 0.1) is 19.3 Å². The van der Waals surface area contributed by atoms with E-state index < -0.39 is 12.1 Å². The van der Waals surface area contributed by atoms with Crippen molar-refractivity contribution in [3.63, 3.8) is 0 Å². The molecule has 1 N–H and O–H groups in total. The Morgan fingerprint density at radius 1 is 1.06 bits per heavy atom. The van der Waals surface area contributed by atoms with Gasteiger partial charge in [0.2, 0.25) is 11.8 Å². The molecule has 0 radical (unpaired) electrons. The van der Waals surface area contributed by atoms with Gasteiger partial charge in [-0.05, 0) is 56.0 Å². The summed E-state index contributed by atoms with van der Waals surface area (Å²) >= 11 is 0. The van der Waals surface area contributed by atoms with E-state index in [1.165, 1.54) is 0 Å². The van der Waals surface area contributed by atoms with Crippen LogP contribution in [0.2, 0.25) is 0 Å². The van der Waals surface area contributed by atoms with Crippen molar-refractivity contribution < 1.29 is 19.1 Å². The van der Waals surface area contributed by atoms with Crippen LogP contribution in [-0.4, -0.2) is 58.4 Å². The Labute approximate surface area is 198 Å². The molecule has 176 valence electrons. The van der Waals surface area contributed by atoms with Crippen molar-refractivity contribution in [2.24, 2.45) is 0 Å². The summed E-state index contributed by atoms with van der Waals surface area (Å²) in [5.41, 5.74) is 4.00. The van der Waals surface area contributed by atoms with E-state index in [9.17, 15) is 9.59 Å². The molecule has 0 unspecified atom stereocenters. The summed E-state index contributed by atoms with van der Waals surface area (Å²) < 4.78 is 11.6. The van der Waals surface area contributed by atoms with E-state index >= 15 is 0 Å². The van der Waals surface area contributed by atoms with Crippen molar-refractivity contribution in [2.45, 2.75) is 57.3 Å². The van der Waals surface area contributed by atoms with Crippen LogP contribution in [0, 0.1) is 0 Å². The van der Waals surface area contributed by atoms with Gasteiger partial charge in [0.1, 0.15) is 12.6 Å². The molecular weight excluding hydrogens is 430 g/mol. The standard InChI is InChI=1S/C27H29N3O4/c1-15(2)34-22-11-8-16(12-23(22)33-3)26-25-19(18-6-4-5-7-20(18)28-25)13-21-27(32)29(17-9-10-17)14-24(31)30(21)26/h4-8,11-12,15,17,21,26,28H,9-10,13-14H2,1-3H3/t21-,26+/m0/s1. The molecular formula is C27H29N3O4. The molecule has 7 nitrogen and oxygen atoms in total. The molecule has 2 atom stereocenters. The Hall–Kier alpha value is -3.48. The van der Waals surface area contributed by atoms with Gasteiger partial charge in [0, 0.05) is 29.1 Å². The Morgan fingerprint density at radius 2 is 1.85 bits per heavy atom. The number of fused-ring (bicyclic) bond motifs is 4. The van der Waals surface area contributed by atoms with Crippen LogP contribution in [0.25, 0.3) is 10.9 Å². The van der Waals surface area contributed by atoms with E-state index in [4.69, 9.17) is 9.47 Å². The van der Waals surface area contributed by atoms with Crippen LogP contribution in [0.4, 0.5) is 0 Å². The quantitative estimate of drug-likeness (QED) is 0.630. The first-order valence-corrected chi connectivity index (χ1v) is 12.0. The molecule has 2 amide bonds. The minimum Gasteiger partial charge on any atom is -0.493 e. The highest BCUT2D eigenvalue weighted by molar-refractivity contribution is 5.98. The molecule has 6 rings (SSSR count). The van der Waals surface area contributed by atoms with Crippen LogP contribution in [-0.2, 0) is 16.0 Å². The average Bonchev–Trinajstić information content (AvgIpc) is 3.60. The van der Waals surface area contributed by atoms with Gasteiger partial charge < -0.3 is 24.3 Å². The summed E-state index contributed by atoms with van der Waals surface area (Å²) in [5.74, 6) is 1.33. The molecule has 0 spiro atoms. The summed E-state index contributed by atoms with van der Waals surface area (Å²) in [5, 5.41) is 1.11. The lowest BCUT2D eigenvalue weighted by Gasteiger charge is -2.47. The largest absolute Gasteiger partial charge is 0.493 e. The summed E-state index contributed by atoms with van der Waals surface area (Å²) in [7, 11) is 1.62. The van der Waals surface area contributed by atoms with Crippen molar-refractivity contribution in [2.75, 3.05) is 13.7 Å². The zero-order chi connectivity index (χ0) is 23.6. The second kappa shape index (κ2) is 7.79. The molecule has 2 aromatic carbocycles. The normalized spacial score (nSPS) is 22.2. The number of benzene rings is 2. The first kappa shape index (κ1) is 21.1. The SMILES string of the molecule is COc1cc([C@@H]2c3[nH]c4ccccc4c3C[C@H]3C(=O)N(C4CC4)CC(=O)N23)ccc1OC(C)C. The van der Waals surface area contributed by atoms with Gasteiger partial charge in [-0.1, -0.05) is 24.3 Å². The molecule has 3 heterocycles. The van der Waals surface area contributed by atoms with Crippen LogP contribution in [0.1, 0.15) is 49.6 Å². The Morgan fingerprint density at radius 3 is 2.59 bits per heavy atom. The number of para-hydroxylation sites is 1. The number of rotatable bonds is 5. The number of carbonyl (C=O) groups excluding carboxylic acids is 2. The maximum absolute atomic E-state index is 13.6. The minimum atomic E-state index is -0.504. The van der Waals surface area contributed by atoms with E-state index in [0.717, 1.165) is 40.6 Å². The smallest absolute Gasteiger partial charge is 0.246 e. The number of ether oxygens (including phenoxy) is 2. The molecule has 0 bridgehead atoms. The molecule has 3 aliphatic rings. The lowest BCUT2D eigenvalue weighted by Crippen LogP contribution is -2.63. The fraction of sp³-hybridized carbons (Fsp3) is 0.407. The molecule has 3 aromatic rings. The van der Waals surface area contributed by atoms with Crippen LogP contribution in [0.5, 0.6) is 11.5 Å². The number of aromatic amines is 1. The fourth-order valence-electron chi connectivity index (χ4n) is 5.53. The Balaban J connectivity index is 1.51. The molecule has 1 saturated heterocycles. The van der Waals surface area contributed by atoms with Gasteiger partial charge in [-0.25, -0.2) is 0 Å². The molecule has 7 heteroatoms. The predicted molar refractivity (Wildman–Crippen MR) is 128 cm³/mol. The number of aromatic nitrogens is 1. The van der Waals surface area contributed by atoms with Crippen molar-refractivity contribution in [3.8, 4) is 11.5 Å². The Bertz CT molecular complexity index is 1290. The third-order valence-corrected chi connectivity index (χ3v) is 7.15. The van der Waals surface area contributed by atoms with Crippen LogP contribution in [0.3, 0.4) is 0 Å². The summed E-state index contributed by atoms with van der Waals surface area (Å²) in [4.78, 5) is 34.3. The number of methoxy groups -OCH3 is 1. The van der Waals surface area contributed by atoms with Crippen molar-refractivity contribution in [1.82, 2.24) is 14.8 Å².